The summed E-state index contributed by atoms with van der Waals surface area (Å²) >= 11 is 0. The van der Waals surface area contributed by atoms with Crippen LogP contribution in [0.4, 0.5) is 10.2 Å². The van der Waals surface area contributed by atoms with Crippen molar-refractivity contribution in [2.45, 2.75) is 50.6 Å². The number of nitrogens with one attached hydrogen (secondary N) is 2. The number of nitrogens with zero attached hydrogens (tertiary/aromatic N) is 4. The molecule has 2 aliphatic rings. The van der Waals surface area contributed by atoms with E-state index in [0.717, 1.165) is 32.2 Å². The van der Waals surface area contributed by atoms with Crippen LogP contribution < -0.4 is 15.4 Å². The molecule has 2 fully saturated rings. The Morgan fingerprint density at radius 3 is 2.69 bits per heavy atom. The average Bonchev–Trinajstić information content (AvgIpc) is 2.90. The molecule has 0 atom stereocenters. The zero-order valence-electron chi connectivity index (χ0n) is 20.1. The van der Waals surface area contributed by atoms with E-state index in [9.17, 15) is 9.65 Å². The molecule has 2 aromatic rings. The van der Waals surface area contributed by atoms with Gasteiger partial charge in [0, 0.05) is 44.5 Å². The molecule has 188 valence electrons. The number of hydrogen-bond acceptors (Lipinski definition) is 9. The first kappa shape index (κ1) is 25.2. The van der Waals surface area contributed by atoms with Crippen LogP contribution in [0, 0.1) is 22.6 Å². The second-order valence-electron chi connectivity index (χ2n) is 9.22. The first-order chi connectivity index (χ1) is 17.1. The van der Waals surface area contributed by atoms with Gasteiger partial charge in [-0.1, -0.05) is 0 Å². The minimum atomic E-state index is -0.604. The van der Waals surface area contributed by atoms with E-state index in [1.165, 1.54) is 18.6 Å². The Labute approximate surface area is 205 Å². The molecular formula is C25H33FN6O3. The molecule has 1 saturated heterocycles. The van der Waals surface area contributed by atoms with E-state index in [0.29, 0.717) is 55.8 Å². The third kappa shape index (κ3) is 6.84. The van der Waals surface area contributed by atoms with Gasteiger partial charge in [-0.15, -0.1) is 0 Å². The zero-order chi connectivity index (χ0) is 24.5. The fourth-order valence-corrected chi connectivity index (χ4v) is 4.54. The fraction of sp³-hybridized carbons (Fsp3) is 0.600. The van der Waals surface area contributed by atoms with Crippen molar-refractivity contribution in [3.05, 3.63) is 30.5 Å². The molecule has 1 saturated carbocycles. The molecule has 35 heavy (non-hydrogen) atoms. The van der Waals surface area contributed by atoms with Gasteiger partial charge in [0.2, 0.25) is 5.88 Å². The van der Waals surface area contributed by atoms with Gasteiger partial charge in [0.25, 0.3) is 0 Å². The van der Waals surface area contributed by atoms with Gasteiger partial charge in [-0.2, -0.15) is 5.26 Å². The van der Waals surface area contributed by atoms with Gasteiger partial charge in [0.1, 0.15) is 12.4 Å². The van der Waals surface area contributed by atoms with E-state index in [1.54, 1.807) is 13.2 Å². The second kappa shape index (κ2) is 12.2. The second-order valence-corrected chi connectivity index (χ2v) is 9.22. The predicted molar refractivity (Wildman–Crippen MR) is 128 cm³/mol. The summed E-state index contributed by atoms with van der Waals surface area (Å²) in [5.41, 5.74) is 0.0543. The molecule has 0 bridgehead atoms. The molecule has 0 amide bonds. The molecule has 2 aromatic heterocycles. The van der Waals surface area contributed by atoms with Crippen molar-refractivity contribution in [2.24, 2.45) is 5.41 Å². The first-order valence-electron chi connectivity index (χ1n) is 12.2. The van der Waals surface area contributed by atoms with Crippen molar-refractivity contribution in [1.82, 2.24) is 20.3 Å². The van der Waals surface area contributed by atoms with Crippen LogP contribution in [0.1, 0.15) is 38.5 Å². The lowest BCUT2D eigenvalue weighted by Gasteiger charge is -2.30. The lowest BCUT2D eigenvalue weighted by atomic mass is 9.83. The highest BCUT2D eigenvalue weighted by Gasteiger charge is 2.34. The summed E-state index contributed by atoms with van der Waals surface area (Å²) < 4.78 is 31.0. The molecule has 1 aliphatic carbocycles. The number of anilines is 1. The highest BCUT2D eigenvalue weighted by atomic mass is 19.1. The summed E-state index contributed by atoms with van der Waals surface area (Å²) in [6.45, 7) is 2.83. The Morgan fingerprint density at radius 2 is 1.94 bits per heavy atom. The van der Waals surface area contributed by atoms with E-state index in [-0.39, 0.29) is 18.5 Å². The number of rotatable bonds is 10. The normalized spacial score (nSPS) is 21.7. The largest absolute Gasteiger partial charge is 0.475 e. The van der Waals surface area contributed by atoms with Crippen LogP contribution in [0.25, 0.3) is 11.3 Å². The van der Waals surface area contributed by atoms with Crippen molar-refractivity contribution in [3.63, 3.8) is 0 Å². The summed E-state index contributed by atoms with van der Waals surface area (Å²) in [5.74, 6) is 0.385. The monoisotopic (exact) mass is 484 g/mol. The zero-order valence-corrected chi connectivity index (χ0v) is 20.1. The topological polar surface area (TPSA) is 114 Å². The molecule has 2 N–H and O–H groups in total. The van der Waals surface area contributed by atoms with Crippen LogP contribution >= 0.6 is 0 Å². The van der Waals surface area contributed by atoms with Crippen LogP contribution in [-0.4, -0.2) is 67.1 Å². The maximum absolute atomic E-state index is 14.7. The SMILES string of the molecule is COCCNC1CCC(Nc2cc(-c3cncc(OCC4(C#N)CCOCC4)n3)c(F)cn2)CC1. The Bertz CT molecular complexity index is 1000. The molecule has 0 spiro atoms. The summed E-state index contributed by atoms with van der Waals surface area (Å²) in [5, 5.41) is 16.6. The number of methoxy groups -OCH3 is 1. The van der Waals surface area contributed by atoms with Crippen molar-refractivity contribution in [1.29, 1.82) is 5.26 Å². The molecule has 0 unspecified atom stereocenters. The molecule has 4 rings (SSSR count). The molecule has 10 heteroatoms. The van der Waals surface area contributed by atoms with Crippen LogP contribution in [0.15, 0.2) is 24.7 Å². The van der Waals surface area contributed by atoms with E-state index in [2.05, 4.69) is 31.7 Å². The van der Waals surface area contributed by atoms with E-state index >= 15 is 0 Å². The third-order valence-corrected chi connectivity index (χ3v) is 6.75. The van der Waals surface area contributed by atoms with Gasteiger partial charge in [0.05, 0.1) is 42.4 Å². The Morgan fingerprint density at radius 1 is 1.17 bits per heavy atom. The predicted octanol–water partition coefficient (Wildman–Crippen LogP) is 3.34. The lowest BCUT2D eigenvalue weighted by molar-refractivity contribution is 0.0182. The van der Waals surface area contributed by atoms with Gasteiger partial charge in [-0.3, -0.25) is 4.98 Å². The molecule has 0 radical (unpaired) electrons. The fourth-order valence-electron chi connectivity index (χ4n) is 4.54. The summed E-state index contributed by atoms with van der Waals surface area (Å²) in [7, 11) is 1.71. The number of aromatic nitrogens is 3. The van der Waals surface area contributed by atoms with Crippen LogP contribution in [-0.2, 0) is 9.47 Å². The number of hydrogen-bond donors (Lipinski definition) is 2. The smallest absolute Gasteiger partial charge is 0.232 e. The first-order valence-corrected chi connectivity index (χ1v) is 12.2. The van der Waals surface area contributed by atoms with Crippen LogP contribution in [0.2, 0.25) is 0 Å². The number of ether oxygens (including phenoxy) is 3. The van der Waals surface area contributed by atoms with Crippen molar-refractivity contribution < 1.29 is 18.6 Å². The minimum Gasteiger partial charge on any atom is -0.475 e. The van der Waals surface area contributed by atoms with Crippen molar-refractivity contribution >= 4 is 5.82 Å². The third-order valence-electron chi connectivity index (χ3n) is 6.75. The Kier molecular flexibility index (Phi) is 8.79. The maximum Gasteiger partial charge on any atom is 0.232 e. The summed E-state index contributed by atoms with van der Waals surface area (Å²) in [4.78, 5) is 12.9. The summed E-state index contributed by atoms with van der Waals surface area (Å²) in [6.07, 6.45) is 9.55. The van der Waals surface area contributed by atoms with Gasteiger partial charge >= 0.3 is 0 Å². The van der Waals surface area contributed by atoms with E-state index in [4.69, 9.17) is 14.2 Å². The van der Waals surface area contributed by atoms with Gasteiger partial charge in [-0.05, 0) is 44.6 Å². The molecule has 3 heterocycles. The van der Waals surface area contributed by atoms with Crippen molar-refractivity contribution in [2.75, 3.05) is 45.4 Å². The standard InChI is InChI=1S/C25H33FN6O3/c1-33-11-8-29-18-2-4-19(5-3-18)31-23-12-20(21(26)13-30-23)22-14-28-15-24(32-22)35-17-25(16-27)6-9-34-10-7-25/h12-15,18-19,29H,2-11,17H2,1H3,(H,30,31). The molecule has 0 aromatic carbocycles. The van der Waals surface area contributed by atoms with E-state index < -0.39 is 11.2 Å². The lowest BCUT2D eigenvalue weighted by Crippen LogP contribution is -2.38. The molecular weight excluding hydrogens is 451 g/mol. The molecule has 9 nitrogen and oxygen atoms in total. The maximum atomic E-state index is 14.7. The van der Waals surface area contributed by atoms with Gasteiger partial charge < -0.3 is 24.8 Å². The number of halogens is 1. The van der Waals surface area contributed by atoms with Crippen molar-refractivity contribution in [3.8, 4) is 23.2 Å². The Balaban J connectivity index is 1.38. The average molecular weight is 485 g/mol. The highest BCUT2D eigenvalue weighted by molar-refractivity contribution is 5.63. The minimum absolute atomic E-state index is 0.194. The summed E-state index contributed by atoms with van der Waals surface area (Å²) in [6, 6.07) is 4.81. The quantitative estimate of drug-likeness (QED) is 0.490. The van der Waals surface area contributed by atoms with Crippen LogP contribution in [0.3, 0.4) is 0 Å². The number of nitriles is 1. The van der Waals surface area contributed by atoms with Gasteiger partial charge in [-0.25, -0.2) is 14.4 Å². The number of pyridine rings is 1. The Hall–Kier alpha value is -2.87. The van der Waals surface area contributed by atoms with E-state index in [1.807, 2.05) is 0 Å². The highest BCUT2D eigenvalue weighted by Crippen LogP contribution is 2.31. The van der Waals surface area contributed by atoms with Crippen LogP contribution in [0.5, 0.6) is 5.88 Å². The van der Waals surface area contributed by atoms with Gasteiger partial charge in [0.15, 0.2) is 5.82 Å². The molecule has 1 aliphatic heterocycles.